The van der Waals surface area contributed by atoms with Gasteiger partial charge in [-0.1, -0.05) is 30.3 Å². The average molecular weight is 358 g/mol. The maximum absolute atomic E-state index is 12.7. The number of fused-ring (bicyclic) bond motifs is 3. The predicted octanol–water partition coefficient (Wildman–Crippen LogP) is 5.31. The van der Waals surface area contributed by atoms with E-state index in [9.17, 15) is 13.2 Å². The van der Waals surface area contributed by atoms with E-state index in [4.69, 9.17) is 5.73 Å². The Bertz CT molecular complexity index is 925. The number of nitrogens with one attached hydrogen (secondary N) is 1. The summed E-state index contributed by atoms with van der Waals surface area (Å²) in [6.07, 6.45) is -0.0116. The van der Waals surface area contributed by atoms with Gasteiger partial charge in [0.15, 0.2) is 0 Å². The number of benzene rings is 2. The lowest BCUT2D eigenvalue weighted by Crippen LogP contribution is -2.40. The molecule has 1 aliphatic carbocycles. The Morgan fingerprint density at radius 1 is 1.04 bits per heavy atom. The van der Waals surface area contributed by atoms with Gasteiger partial charge in [0.1, 0.15) is 0 Å². The van der Waals surface area contributed by atoms with Gasteiger partial charge < -0.3 is 10.7 Å². The number of hydrogen-bond acceptors (Lipinski definition) is 1. The van der Waals surface area contributed by atoms with Gasteiger partial charge in [-0.05, 0) is 61.4 Å². The number of halogens is 3. The Morgan fingerprint density at radius 3 is 2.50 bits per heavy atom. The molecule has 0 saturated heterocycles. The van der Waals surface area contributed by atoms with Crippen molar-refractivity contribution in [2.24, 2.45) is 5.73 Å². The van der Waals surface area contributed by atoms with Crippen molar-refractivity contribution in [3.63, 3.8) is 0 Å². The van der Waals surface area contributed by atoms with Crippen LogP contribution in [0.4, 0.5) is 13.2 Å². The van der Waals surface area contributed by atoms with Gasteiger partial charge >= 0.3 is 6.18 Å². The molecule has 1 heterocycles. The Labute approximate surface area is 150 Å². The number of nitrogens with two attached hydrogens (primary N) is 1. The Hall–Kier alpha value is -2.27. The fraction of sp³-hybridized carbons (Fsp3) is 0.333. The molecule has 1 atom stereocenters. The van der Waals surface area contributed by atoms with Crippen molar-refractivity contribution in [3.8, 4) is 0 Å². The summed E-state index contributed by atoms with van der Waals surface area (Å²) in [5.41, 5.74) is 10.1. The standard InChI is InChI=1S/C21H21F3N2/c22-21(23,24)15-9-7-14(8-10-15)11-13-20(25)12-3-5-17-16-4-1-2-6-18(16)26-19(17)20/h1-2,4,6-10,26H,3,5,11-13,25H2. The molecule has 1 aliphatic rings. The second-order valence-corrected chi connectivity index (χ2v) is 7.23. The Kier molecular flexibility index (Phi) is 4.07. The molecule has 3 aromatic rings. The number of aromatic nitrogens is 1. The van der Waals surface area contributed by atoms with Crippen molar-refractivity contribution in [3.05, 3.63) is 70.9 Å². The van der Waals surface area contributed by atoms with Crippen LogP contribution in [-0.4, -0.2) is 4.98 Å². The average Bonchev–Trinajstić information content (AvgIpc) is 3.00. The van der Waals surface area contributed by atoms with Gasteiger partial charge in [0, 0.05) is 16.6 Å². The first-order chi connectivity index (χ1) is 12.4. The number of alkyl halides is 3. The molecule has 2 aromatic carbocycles. The van der Waals surface area contributed by atoms with Crippen molar-refractivity contribution < 1.29 is 13.2 Å². The molecule has 1 unspecified atom stereocenters. The molecule has 2 nitrogen and oxygen atoms in total. The van der Waals surface area contributed by atoms with E-state index >= 15 is 0 Å². The predicted molar refractivity (Wildman–Crippen MR) is 96.9 cm³/mol. The summed E-state index contributed by atoms with van der Waals surface area (Å²) in [4.78, 5) is 3.50. The fourth-order valence-electron chi connectivity index (χ4n) is 4.07. The summed E-state index contributed by atoms with van der Waals surface area (Å²) in [5, 5.41) is 1.23. The summed E-state index contributed by atoms with van der Waals surface area (Å²) in [6, 6.07) is 13.6. The molecule has 5 heteroatoms. The van der Waals surface area contributed by atoms with Crippen molar-refractivity contribution >= 4 is 10.9 Å². The van der Waals surface area contributed by atoms with E-state index in [1.54, 1.807) is 12.1 Å². The molecule has 0 spiro atoms. The molecule has 4 rings (SSSR count). The summed E-state index contributed by atoms with van der Waals surface area (Å²) >= 11 is 0. The van der Waals surface area contributed by atoms with Crippen LogP contribution in [0.25, 0.3) is 10.9 Å². The largest absolute Gasteiger partial charge is 0.416 e. The number of rotatable bonds is 3. The molecule has 26 heavy (non-hydrogen) atoms. The van der Waals surface area contributed by atoms with Gasteiger partial charge in [-0.2, -0.15) is 13.2 Å². The Balaban J connectivity index is 1.57. The molecule has 0 amide bonds. The molecule has 3 N–H and O–H groups in total. The lowest BCUT2D eigenvalue weighted by atomic mass is 9.77. The first-order valence-electron chi connectivity index (χ1n) is 8.92. The highest BCUT2D eigenvalue weighted by molar-refractivity contribution is 5.85. The van der Waals surface area contributed by atoms with Gasteiger partial charge in [-0.25, -0.2) is 0 Å². The van der Waals surface area contributed by atoms with Gasteiger partial charge in [-0.3, -0.25) is 0 Å². The Morgan fingerprint density at radius 2 is 1.77 bits per heavy atom. The van der Waals surface area contributed by atoms with Gasteiger partial charge in [0.25, 0.3) is 0 Å². The zero-order valence-electron chi connectivity index (χ0n) is 14.4. The number of aromatic amines is 1. The van der Waals surface area contributed by atoms with Crippen LogP contribution in [0.5, 0.6) is 0 Å². The summed E-state index contributed by atoms with van der Waals surface area (Å²) in [7, 11) is 0. The molecule has 1 aromatic heterocycles. The minimum absolute atomic E-state index is 0.463. The summed E-state index contributed by atoms with van der Waals surface area (Å²) in [5.74, 6) is 0. The summed E-state index contributed by atoms with van der Waals surface area (Å²) in [6.45, 7) is 0. The highest BCUT2D eigenvalue weighted by atomic mass is 19.4. The van der Waals surface area contributed by atoms with Crippen molar-refractivity contribution in [2.75, 3.05) is 0 Å². The number of aryl methyl sites for hydroxylation is 2. The molecule has 0 saturated carbocycles. The lowest BCUT2D eigenvalue weighted by molar-refractivity contribution is -0.137. The third-order valence-electron chi connectivity index (χ3n) is 5.50. The fourth-order valence-corrected chi connectivity index (χ4v) is 4.07. The van der Waals surface area contributed by atoms with Crippen molar-refractivity contribution in [1.29, 1.82) is 0 Å². The maximum Gasteiger partial charge on any atom is 0.416 e. The van der Waals surface area contributed by atoms with Crippen LogP contribution in [0, 0.1) is 0 Å². The van der Waals surface area contributed by atoms with Crippen LogP contribution in [0.15, 0.2) is 48.5 Å². The second-order valence-electron chi connectivity index (χ2n) is 7.23. The highest BCUT2D eigenvalue weighted by Gasteiger charge is 2.35. The van der Waals surface area contributed by atoms with Crippen LogP contribution in [0.1, 0.15) is 41.6 Å². The van der Waals surface area contributed by atoms with E-state index < -0.39 is 17.3 Å². The first kappa shape index (κ1) is 17.2. The molecule has 0 bridgehead atoms. The molecular weight excluding hydrogens is 337 g/mol. The maximum atomic E-state index is 12.7. The van der Waals surface area contributed by atoms with Gasteiger partial charge in [0.2, 0.25) is 0 Å². The van der Waals surface area contributed by atoms with Crippen LogP contribution in [0.2, 0.25) is 0 Å². The number of hydrogen-bond donors (Lipinski definition) is 2. The van der Waals surface area contributed by atoms with Crippen molar-refractivity contribution in [1.82, 2.24) is 4.98 Å². The molecule has 136 valence electrons. The minimum atomic E-state index is -4.30. The first-order valence-corrected chi connectivity index (χ1v) is 8.92. The molecule has 0 fully saturated rings. The lowest BCUT2D eigenvalue weighted by Gasteiger charge is -2.34. The molecule has 0 radical (unpaired) electrons. The van der Waals surface area contributed by atoms with E-state index in [0.29, 0.717) is 12.8 Å². The third kappa shape index (κ3) is 3.01. The van der Waals surface area contributed by atoms with Crippen LogP contribution in [0.3, 0.4) is 0 Å². The SMILES string of the molecule is NC1(CCc2ccc(C(F)(F)F)cc2)CCCc2c1[nH]c1ccccc21. The molecular formula is C21H21F3N2. The highest BCUT2D eigenvalue weighted by Crippen LogP contribution is 2.40. The van der Waals surface area contributed by atoms with Crippen molar-refractivity contribution in [2.45, 2.75) is 43.8 Å². The van der Waals surface area contributed by atoms with Gasteiger partial charge in [-0.15, -0.1) is 0 Å². The number of H-pyrrole nitrogens is 1. The van der Waals surface area contributed by atoms with Crippen LogP contribution in [-0.2, 0) is 24.6 Å². The topological polar surface area (TPSA) is 41.8 Å². The zero-order chi connectivity index (χ0) is 18.4. The minimum Gasteiger partial charge on any atom is -0.357 e. The number of para-hydroxylation sites is 1. The monoisotopic (exact) mass is 358 g/mol. The summed E-state index contributed by atoms with van der Waals surface area (Å²) < 4.78 is 38.1. The van der Waals surface area contributed by atoms with Crippen LogP contribution < -0.4 is 5.73 Å². The third-order valence-corrected chi connectivity index (χ3v) is 5.50. The zero-order valence-corrected chi connectivity index (χ0v) is 14.4. The van der Waals surface area contributed by atoms with E-state index in [1.807, 2.05) is 12.1 Å². The second kappa shape index (κ2) is 6.16. The van der Waals surface area contributed by atoms with Crippen LogP contribution >= 0.6 is 0 Å². The van der Waals surface area contributed by atoms with E-state index in [-0.39, 0.29) is 0 Å². The normalized spacial score (nSPS) is 20.3. The quantitative estimate of drug-likeness (QED) is 0.655. The van der Waals surface area contributed by atoms with E-state index in [2.05, 4.69) is 17.1 Å². The van der Waals surface area contributed by atoms with E-state index in [0.717, 1.165) is 48.2 Å². The van der Waals surface area contributed by atoms with E-state index in [1.165, 1.54) is 10.9 Å². The molecule has 0 aliphatic heterocycles. The van der Waals surface area contributed by atoms with Gasteiger partial charge in [0.05, 0.1) is 11.1 Å². The smallest absolute Gasteiger partial charge is 0.357 e.